The van der Waals surface area contributed by atoms with Crippen molar-refractivity contribution in [2.45, 2.75) is 20.0 Å². The Balaban J connectivity index is 2.55. The molecule has 5 nitrogen and oxygen atoms in total. The van der Waals surface area contributed by atoms with E-state index < -0.39 is 5.97 Å². The second kappa shape index (κ2) is 6.86. The van der Waals surface area contributed by atoms with Crippen LogP contribution in [-0.4, -0.2) is 32.4 Å². The van der Waals surface area contributed by atoms with Crippen LogP contribution in [0.5, 0.6) is 5.75 Å². The monoisotopic (exact) mass is 253 g/mol. The van der Waals surface area contributed by atoms with Crippen molar-refractivity contribution in [1.82, 2.24) is 0 Å². The first-order valence-electron chi connectivity index (χ1n) is 5.77. The molecule has 0 saturated carbocycles. The maximum atomic E-state index is 11.3. The number of hydrogen-bond donors (Lipinski definition) is 1. The van der Waals surface area contributed by atoms with E-state index in [-0.39, 0.29) is 6.10 Å². The number of rotatable bonds is 6. The van der Waals surface area contributed by atoms with E-state index in [1.165, 1.54) is 13.2 Å². The van der Waals surface area contributed by atoms with E-state index in [1.54, 1.807) is 12.1 Å². The number of anilines is 1. The summed E-state index contributed by atoms with van der Waals surface area (Å²) in [4.78, 5) is 11.3. The first-order valence-corrected chi connectivity index (χ1v) is 5.77. The highest BCUT2D eigenvalue weighted by atomic mass is 16.5. The molecule has 0 radical (unpaired) electrons. The lowest BCUT2D eigenvalue weighted by Gasteiger charge is -2.11. The first kappa shape index (κ1) is 14.3. The Hall–Kier alpha value is -1.75. The number of nitrogens with two attached hydrogens (primary N) is 1. The quantitative estimate of drug-likeness (QED) is 0.476. The van der Waals surface area contributed by atoms with Crippen LogP contribution in [0.2, 0.25) is 0 Å². The second-order valence-corrected chi connectivity index (χ2v) is 4.01. The molecule has 1 rings (SSSR count). The summed E-state index contributed by atoms with van der Waals surface area (Å²) >= 11 is 0. The molecule has 0 spiro atoms. The van der Waals surface area contributed by atoms with E-state index in [4.69, 9.17) is 15.2 Å². The van der Waals surface area contributed by atoms with Crippen LogP contribution in [0.1, 0.15) is 24.2 Å². The molecule has 0 amide bonds. The van der Waals surface area contributed by atoms with E-state index >= 15 is 0 Å². The predicted molar refractivity (Wildman–Crippen MR) is 68.8 cm³/mol. The summed E-state index contributed by atoms with van der Waals surface area (Å²) < 4.78 is 15.4. The molecule has 0 aliphatic heterocycles. The molecule has 0 unspecified atom stereocenters. The Morgan fingerprint density at radius 2 is 2.06 bits per heavy atom. The van der Waals surface area contributed by atoms with Gasteiger partial charge in [0.25, 0.3) is 0 Å². The Kier molecular flexibility index (Phi) is 5.45. The zero-order valence-corrected chi connectivity index (χ0v) is 10.9. The largest absolute Gasteiger partial charge is 0.489 e. The summed E-state index contributed by atoms with van der Waals surface area (Å²) in [5.74, 6) is 0.117. The fourth-order valence-electron chi connectivity index (χ4n) is 1.36. The average Bonchev–Trinajstić information content (AvgIpc) is 2.34. The lowest BCUT2D eigenvalue weighted by Crippen LogP contribution is -2.12. The molecule has 1 aromatic carbocycles. The molecule has 0 aliphatic rings. The summed E-state index contributed by atoms with van der Waals surface area (Å²) in [5.41, 5.74) is 6.59. The molecule has 2 N–H and O–H groups in total. The van der Waals surface area contributed by atoms with Gasteiger partial charge in [0.1, 0.15) is 12.4 Å². The molecule has 0 atom stereocenters. The Labute approximate surface area is 107 Å². The van der Waals surface area contributed by atoms with Crippen LogP contribution in [-0.2, 0) is 9.47 Å². The normalized spacial score (nSPS) is 10.4. The Bertz CT molecular complexity index is 404. The van der Waals surface area contributed by atoms with Gasteiger partial charge in [-0.05, 0) is 32.0 Å². The van der Waals surface area contributed by atoms with Crippen molar-refractivity contribution in [2.24, 2.45) is 0 Å². The van der Waals surface area contributed by atoms with Gasteiger partial charge in [0.05, 0.1) is 31.1 Å². The second-order valence-electron chi connectivity index (χ2n) is 4.01. The molecule has 100 valence electrons. The lowest BCUT2D eigenvalue weighted by atomic mass is 10.2. The Morgan fingerprint density at radius 3 is 2.61 bits per heavy atom. The molecule has 0 saturated heterocycles. The Morgan fingerprint density at radius 1 is 1.33 bits per heavy atom. The zero-order chi connectivity index (χ0) is 13.5. The lowest BCUT2D eigenvalue weighted by molar-refractivity contribution is 0.0553. The number of methoxy groups -OCH3 is 1. The van der Waals surface area contributed by atoms with Crippen molar-refractivity contribution < 1.29 is 19.0 Å². The fraction of sp³-hybridized carbons (Fsp3) is 0.462. The van der Waals surface area contributed by atoms with Crippen molar-refractivity contribution in [2.75, 3.05) is 26.1 Å². The summed E-state index contributed by atoms with van der Waals surface area (Å²) in [7, 11) is 1.33. The molecule has 0 heterocycles. The van der Waals surface area contributed by atoms with Crippen molar-refractivity contribution in [3.8, 4) is 5.75 Å². The third kappa shape index (κ3) is 4.25. The van der Waals surface area contributed by atoms with Crippen molar-refractivity contribution in [3.63, 3.8) is 0 Å². The smallest absolute Gasteiger partial charge is 0.337 e. The van der Waals surface area contributed by atoms with E-state index in [0.29, 0.717) is 30.2 Å². The highest BCUT2D eigenvalue weighted by Crippen LogP contribution is 2.22. The van der Waals surface area contributed by atoms with Crippen LogP contribution in [0.3, 0.4) is 0 Å². The topological polar surface area (TPSA) is 70.8 Å². The maximum absolute atomic E-state index is 11.3. The van der Waals surface area contributed by atoms with Gasteiger partial charge >= 0.3 is 5.97 Å². The van der Waals surface area contributed by atoms with Gasteiger partial charge < -0.3 is 19.9 Å². The summed E-state index contributed by atoms with van der Waals surface area (Å²) in [6.45, 7) is 4.83. The highest BCUT2D eigenvalue weighted by Gasteiger charge is 2.08. The van der Waals surface area contributed by atoms with Crippen LogP contribution < -0.4 is 10.5 Å². The molecule has 1 aromatic rings. The number of carbonyl (C=O) groups is 1. The van der Waals surface area contributed by atoms with Gasteiger partial charge in [0, 0.05) is 0 Å². The highest BCUT2D eigenvalue weighted by molar-refractivity contribution is 5.90. The molecule has 0 aliphatic carbocycles. The van der Waals surface area contributed by atoms with Crippen LogP contribution in [0.15, 0.2) is 18.2 Å². The van der Waals surface area contributed by atoms with E-state index in [9.17, 15) is 4.79 Å². The van der Waals surface area contributed by atoms with Crippen LogP contribution >= 0.6 is 0 Å². The van der Waals surface area contributed by atoms with Gasteiger partial charge in [0.2, 0.25) is 0 Å². The number of ether oxygens (including phenoxy) is 3. The number of benzene rings is 1. The SMILES string of the molecule is COC(=O)c1ccc(OCCOC(C)C)c(N)c1. The van der Waals surface area contributed by atoms with Gasteiger partial charge in [-0.25, -0.2) is 4.79 Å². The fourth-order valence-corrected chi connectivity index (χ4v) is 1.36. The van der Waals surface area contributed by atoms with Crippen molar-refractivity contribution in [3.05, 3.63) is 23.8 Å². The number of carbonyl (C=O) groups excluding carboxylic acids is 1. The standard InChI is InChI=1S/C13H19NO4/c1-9(2)17-6-7-18-12-5-4-10(8-11(12)14)13(15)16-3/h4-5,8-9H,6-7,14H2,1-3H3. The van der Waals surface area contributed by atoms with E-state index in [1.807, 2.05) is 13.8 Å². The van der Waals surface area contributed by atoms with Crippen LogP contribution in [0, 0.1) is 0 Å². The van der Waals surface area contributed by atoms with Crippen molar-refractivity contribution in [1.29, 1.82) is 0 Å². The number of hydrogen-bond acceptors (Lipinski definition) is 5. The van der Waals surface area contributed by atoms with Crippen molar-refractivity contribution >= 4 is 11.7 Å². The minimum atomic E-state index is -0.420. The average molecular weight is 253 g/mol. The molecule has 0 bridgehead atoms. The van der Waals surface area contributed by atoms with Crippen LogP contribution in [0.25, 0.3) is 0 Å². The number of esters is 1. The summed E-state index contributed by atoms with van der Waals surface area (Å²) in [5, 5.41) is 0. The van der Waals surface area contributed by atoms with E-state index in [2.05, 4.69) is 4.74 Å². The third-order valence-electron chi connectivity index (χ3n) is 2.22. The third-order valence-corrected chi connectivity index (χ3v) is 2.22. The zero-order valence-electron chi connectivity index (χ0n) is 10.9. The van der Waals surface area contributed by atoms with Gasteiger partial charge in [-0.15, -0.1) is 0 Å². The molecular weight excluding hydrogens is 234 g/mol. The minimum absolute atomic E-state index is 0.174. The summed E-state index contributed by atoms with van der Waals surface area (Å²) in [6, 6.07) is 4.79. The molecule has 0 aromatic heterocycles. The minimum Gasteiger partial charge on any atom is -0.489 e. The molecule has 18 heavy (non-hydrogen) atoms. The van der Waals surface area contributed by atoms with Crippen LogP contribution in [0.4, 0.5) is 5.69 Å². The maximum Gasteiger partial charge on any atom is 0.337 e. The number of nitrogen functional groups attached to an aromatic ring is 1. The van der Waals surface area contributed by atoms with Gasteiger partial charge in [0.15, 0.2) is 0 Å². The molecule has 5 heteroatoms. The van der Waals surface area contributed by atoms with Gasteiger partial charge in [-0.2, -0.15) is 0 Å². The predicted octanol–water partition coefficient (Wildman–Crippen LogP) is 1.86. The molecule has 0 fully saturated rings. The first-order chi connectivity index (χ1) is 8.54. The summed E-state index contributed by atoms with van der Waals surface area (Å²) in [6.07, 6.45) is 0.174. The van der Waals surface area contributed by atoms with E-state index in [0.717, 1.165) is 0 Å². The van der Waals surface area contributed by atoms with Gasteiger partial charge in [-0.3, -0.25) is 0 Å². The van der Waals surface area contributed by atoms with Gasteiger partial charge in [-0.1, -0.05) is 0 Å². The molecular formula is C13H19NO4.